The number of carbonyl (C=O) groups excluding carboxylic acids is 1. The van der Waals surface area contributed by atoms with Crippen LogP contribution in [-0.2, 0) is 50.1 Å². The molecule has 0 radical (unpaired) electrons. The molecule has 2 aromatic heterocycles. The van der Waals surface area contributed by atoms with Crippen molar-refractivity contribution in [2.24, 2.45) is 0 Å². The van der Waals surface area contributed by atoms with Gasteiger partial charge in [0.25, 0.3) is 0 Å². The van der Waals surface area contributed by atoms with Gasteiger partial charge in [0.05, 0.1) is 30.3 Å². The molecular weight excluding hydrogens is 748 g/mol. The number of hydrogen-bond donors (Lipinski definition) is 0. The highest BCUT2D eigenvalue weighted by Gasteiger charge is 2.51. The molecule has 3 aromatic carbocycles. The topological polar surface area (TPSA) is 74.0 Å². The lowest BCUT2D eigenvalue weighted by Gasteiger charge is -2.32. The molecule has 0 atom stereocenters. The summed E-state index contributed by atoms with van der Waals surface area (Å²) in [5, 5.41) is 2.26. The van der Waals surface area contributed by atoms with Gasteiger partial charge in [-0.05, 0) is 127 Å². The van der Waals surface area contributed by atoms with E-state index in [2.05, 4.69) is 57.0 Å². The Balaban J connectivity index is 0.000000326. The number of alkyl halides is 3. The Kier molecular flexibility index (Phi) is 12.0. The quantitative estimate of drug-likeness (QED) is 0.0837. The van der Waals surface area contributed by atoms with Gasteiger partial charge in [-0.15, -0.1) is 0 Å². The van der Waals surface area contributed by atoms with Gasteiger partial charge in [0.1, 0.15) is 10.4 Å². The maximum absolute atomic E-state index is 13.2. The zero-order chi connectivity index (χ0) is 38.8. The molecule has 280 valence electrons. The van der Waals surface area contributed by atoms with Crippen LogP contribution >= 0.6 is 15.9 Å². The standard InChI is InChI=1S/C31H33BF3NO3.C10H12BrNO2/c1-21-10-13-23-8-6-7-9-26(23)27(21)20-36(19-25-16-17-28(37-25)31(33,34)35)18-22-11-14-24(15-12-22)32-38-29(2,3)30(4,5)39-32;1-10(2,9(13)14-3)7-4-5-12-8(11)6-7/h6-17H,18-20H2,1-5H3;4-6H,1-3H3. The predicted molar refractivity (Wildman–Crippen MR) is 204 cm³/mol. The number of ether oxygens (including phenoxy) is 1. The second kappa shape index (κ2) is 15.8. The Labute approximate surface area is 318 Å². The lowest BCUT2D eigenvalue weighted by molar-refractivity contribution is -0.153. The number of pyridine rings is 1. The van der Waals surface area contributed by atoms with Crippen molar-refractivity contribution in [3.63, 3.8) is 0 Å². The molecule has 1 aliphatic rings. The van der Waals surface area contributed by atoms with Crippen LogP contribution in [0.2, 0.25) is 0 Å². The zero-order valence-corrected chi connectivity index (χ0v) is 32.9. The van der Waals surface area contributed by atoms with Gasteiger partial charge >= 0.3 is 19.3 Å². The minimum absolute atomic E-state index is 0.234. The molecular formula is C41H45BBrF3N2O5. The van der Waals surface area contributed by atoms with Gasteiger partial charge in [-0.3, -0.25) is 9.69 Å². The van der Waals surface area contributed by atoms with E-state index >= 15 is 0 Å². The Bertz CT molecular complexity index is 2030. The Morgan fingerprint density at radius 3 is 2.15 bits per heavy atom. The summed E-state index contributed by atoms with van der Waals surface area (Å²) in [6.07, 6.45) is -2.86. The molecule has 7 nitrogen and oxygen atoms in total. The number of nitrogens with zero attached hydrogens (tertiary/aromatic N) is 2. The van der Waals surface area contributed by atoms with Crippen LogP contribution in [0.15, 0.2) is 100 Å². The second-order valence-electron chi connectivity index (χ2n) is 14.8. The van der Waals surface area contributed by atoms with E-state index in [4.69, 9.17) is 18.5 Å². The van der Waals surface area contributed by atoms with Gasteiger partial charge in [-0.1, -0.05) is 60.7 Å². The first kappa shape index (κ1) is 40.2. The fourth-order valence-corrected chi connectivity index (χ4v) is 6.43. The smallest absolute Gasteiger partial charge is 0.468 e. The van der Waals surface area contributed by atoms with Gasteiger partial charge in [0, 0.05) is 19.3 Å². The molecule has 1 fully saturated rings. The molecule has 5 aromatic rings. The van der Waals surface area contributed by atoms with Crippen molar-refractivity contribution in [3.05, 3.63) is 130 Å². The number of aryl methyl sites for hydroxylation is 1. The Hall–Kier alpha value is -3.97. The molecule has 1 aliphatic heterocycles. The van der Waals surface area contributed by atoms with Crippen molar-refractivity contribution in [2.75, 3.05) is 7.11 Å². The summed E-state index contributed by atoms with van der Waals surface area (Å²) in [6, 6.07) is 26.4. The fourth-order valence-electron chi connectivity index (χ4n) is 6.06. The van der Waals surface area contributed by atoms with Crippen LogP contribution in [0.3, 0.4) is 0 Å². The number of fused-ring (bicyclic) bond motifs is 1. The normalized spacial score (nSPS) is 15.4. The molecule has 0 aliphatic carbocycles. The third kappa shape index (κ3) is 9.41. The van der Waals surface area contributed by atoms with Gasteiger partial charge in [0.15, 0.2) is 0 Å². The van der Waals surface area contributed by atoms with E-state index < -0.39 is 35.7 Å². The maximum Gasteiger partial charge on any atom is 0.494 e. The fraction of sp³-hybridized carbons (Fsp3) is 0.366. The highest BCUT2D eigenvalue weighted by molar-refractivity contribution is 9.10. The molecule has 0 unspecified atom stereocenters. The number of benzene rings is 3. The summed E-state index contributed by atoms with van der Waals surface area (Å²) < 4.78 is 62.6. The van der Waals surface area contributed by atoms with E-state index in [0.29, 0.717) is 17.7 Å². The first-order valence-corrected chi connectivity index (χ1v) is 18.1. The summed E-state index contributed by atoms with van der Waals surface area (Å²) in [4.78, 5) is 17.6. The van der Waals surface area contributed by atoms with E-state index in [-0.39, 0.29) is 18.3 Å². The minimum atomic E-state index is -4.52. The number of rotatable bonds is 9. The molecule has 53 heavy (non-hydrogen) atoms. The van der Waals surface area contributed by atoms with Crippen LogP contribution in [0.5, 0.6) is 0 Å². The monoisotopic (exact) mass is 792 g/mol. The first-order chi connectivity index (χ1) is 24.8. The van der Waals surface area contributed by atoms with E-state index in [0.717, 1.165) is 44.6 Å². The van der Waals surface area contributed by atoms with Crippen molar-refractivity contribution in [1.29, 1.82) is 0 Å². The molecule has 0 saturated carbocycles. The van der Waals surface area contributed by atoms with E-state index in [9.17, 15) is 18.0 Å². The maximum atomic E-state index is 13.2. The summed E-state index contributed by atoms with van der Waals surface area (Å²) in [7, 11) is 0.933. The molecule has 6 rings (SSSR count). The molecule has 12 heteroatoms. The minimum Gasteiger partial charge on any atom is -0.468 e. The number of esters is 1. The summed E-state index contributed by atoms with van der Waals surface area (Å²) in [5.41, 5.74) is 3.61. The zero-order valence-electron chi connectivity index (χ0n) is 31.3. The number of methoxy groups -OCH3 is 1. The predicted octanol–water partition coefficient (Wildman–Crippen LogP) is 9.56. The van der Waals surface area contributed by atoms with Crippen molar-refractivity contribution < 1.29 is 36.4 Å². The molecule has 0 amide bonds. The third-order valence-electron chi connectivity index (χ3n) is 10.0. The van der Waals surface area contributed by atoms with Crippen LogP contribution in [0.4, 0.5) is 13.2 Å². The van der Waals surface area contributed by atoms with Crippen molar-refractivity contribution in [2.45, 2.75) is 90.9 Å². The lowest BCUT2D eigenvalue weighted by Crippen LogP contribution is -2.41. The first-order valence-electron chi connectivity index (χ1n) is 17.3. The van der Waals surface area contributed by atoms with E-state index in [1.165, 1.54) is 13.2 Å². The van der Waals surface area contributed by atoms with Crippen LogP contribution in [0.1, 0.15) is 75.3 Å². The molecule has 3 heterocycles. The number of aromatic nitrogens is 1. The largest absolute Gasteiger partial charge is 0.494 e. The molecule has 0 N–H and O–H groups in total. The van der Waals surface area contributed by atoms with Gasteiger partial charge in [-0.25, -0.2) is 4.98 Å². The van der Waals surface area contributed by atoms with Gasteiger partial charge in [0.2, 0.25) is 5.76 Å². The molecule has 0 spiro atoms. The Morgan fingerprint density at radius 1 is 0.887 bits per heavy atom. The second-order valence-corrected chi connectivity index (χ2v) is 15.6. The lowest BCUT2D eigenvalue weighted by atomic mass is 9.79. The third-order valence-corrected chi connectivity index (χ3v) is 10.5. The Morgan fingerprint density at radius 2 is 1.55 bits per heavy atom. The molecule has 1 saturated heterocycles. The van der Waals surface area contributed by atoms with E-state index in [1.54, 1.807) is 6.20 Å². The average molecular weight is 794 g/mol. The van der Waals surface area contributed by atoms with Crippen LogP contribution in [0, 0.1) is 6.92 Å². The van der Waals surface area contributed by atoms with Crippen molar-refractivity contribution in [3.8, 4) is 0 Å². The summed E-state index contributed by atoms with van der Waals surface area (Å²) in [5.74, 6) is -0.963. The number of furan rings is 1. The van der Waals surface area contributed by atoms with Gasteiger partial charge in [-0.2, -0.15) is 13.2 Å². The SMILES string of the molecule is COC(=O)C(C)(C)c1ccnc(Br)c1.Cc1ccc2ccccc2c1CN(Cc1ccc(B2OC(C)(C)C(C)(C)O2)cc1)Cc1ccc(C(F)(F)F)o1. The van der Waals surface area contributed by atoms with E-state index in [1.807, 2.05) is 90.1 Å². The summed E-state index contributed by atoms with van der Waals surface area (Å²) in [6.45, 7) is 15.1. The van der Waals surface area contributed by atoms with Crippen molar-refractivity contribution in [1.82, 2.24) is 9.88 Å². The number of hydrogen-bond acceptors (Lipinski definition) is 7. The van der Waals surface area contributed by atoms with Crippen LogP contribution < -0.4 is 5.46 Å². The van der Waals surface area contributed by atoms with Crippen molar-refractivity contribution >= 4 is 45.3 Å². The number of carbonyl (C=O) groups is 1. The summed E-state index contributed by atoms with van der Waals surface area (Å²) >= 11 is 3.26. The van der Waals surface area contributed by atoms with Gasteiger partial charge < -0.3 is 18.5 Å². The highest BCUT2D eigenvalue weighted by Crippen LogP contribution is 2.37. The molecule has 0 bridgehead atoms. The van der Waals surface area contributed by atoms with Crippen LogP contribution in [-0.4, -0.2) is 41.3 Å². The van der Waals surface area contributed by atoms with Crippen LogP contribution in [0.25, 0.3) is 10.8 Å². The average Bonchev–Trinajstić information content (AvgIpc) is 3.66. The number of halogens is 4. The highest BCUT2D eigenvalue weighted by atomic mass is 79.9.